The van der Waals surface area contributed by atoms with Gasteiger partial charge >= 0.3 is 0 Å². The molecule has 2 aromatic rings. The molecule has 0 aliphatic carbocycles. The van der Waals surface area contributed by atoms with Crippen molar-refractivity contribution in [3.8, 4) is 5.75 Å². The van der Waals surface area contributed by atoms with Crippen LogP contribution in [0.3, 0.4) is 0 Å². The van der Waals surface area contributed by atoms with E-state index in [4.69, 9.17) is 16.3 Å². The molecule has 7 heteroatoms. The molecule has 1 aliphatic heterocycles. The second-order valence-electron chi connectivity index (χ2n) is 7.30. The Balaban J connectivity index is 1.60. The molecule has 154 valence electrons. The maximum atomic E-state index is 12.7. The first-order valence-electron chi connectivity index (χ1n) is 9.59. The van der Waals surface area contributed by atoms with Gasteiger partial charge in [-0.15, -0.1) is 0 Å². The second-order valence-corrected chi connectivity index (χ2v) is 7.74. The number of anilines is 2. The summed E-state index contributed by atoms with van der Waals surface area (Å²) in [7, 11) is 3.16. The fraction of sp³-hybridized carbons (Fsp3) is 0.364. The average molecular weight is 416 g/mol. The minimum absolute atomic E-state index is 0.0525. The molecule has 2 amide bonds. The van der Waals surface area contributed by atoms with Crippen molar-refractivity contribution >= 4 is 34.8 Å². The summed E-state index contributed by atoms with van der Waals surface area (Å²) >= 11 is 6.00. The third-order valence-electron chi connectivity index (χ3n) is 5.02. The van der Waals surface area contributed by atoms with Crippen LogP contribution < -0.4 is 15.0 Å². The molecule has 0 bridgehead atoms. The first-order valence-corrected chi connectivity index (χ1v) is 9.97. The summed E-state index contributed by atoms with van der Waals surface area (Å²) in [5, 5.41) is 3.25. The van der Waals surface area contributed by atoms with E-state index >= 15 is 0 Å². The Morgan fingerprint density at radius 1 is 1.24 bits per heavy atom. The number of carbonyl (C=O) groups excluding carboxylic acids is 2. The van der Waals surface area contributed by atoms with Crippen LogP contribution in [0.15, 0.2) is 36.4 Å². The molecule has 0 radical (unpaired) electrons. The number of hydrogen-bond acceptors (Lipinski definition) is 4. The molecule has 6 nitrogen and oxygen atoms in total. The van der Waals surface area contributed by atoms with E-state index in [0.717, 1.165) is 25.1 Å². The molecule has 0 fully saturated rings. The number of hydrogen-bond donors (Lipinski definition) is 1. The number of halogens is 1. The molecule has 0 aromatic heterocycles. The Labute approximate surface area is 176 Å². The Morgan fingerprint density at radius 2 is 2.03 bits per heavy atom. The van der Waals surface area contributed by atoms with Gasteiger partial charge in [0.05, 0.1) is 25.9 Å². The smallest absolute Gasteiger partial charge is 0.244 e. The first kappa shape index (κ1) is 21.0. The van der Waals surface area contributed by atoms with Crippen molar-refractivity contribution in [1.29, 1.82) is 0 Å². The number of aryl methyl sites for hydroxylation is 2. The van der Waals surface area contributed by atoms with Gasteiger partial charge in [0.2, 0.25) is 11.8 Å². The molecule has 1 heterocycles. The molecule has 0 atom stereocenters. The Hall–Kier alpha value is -2.73. The van der Waals surface area contributed by atoms with Crippen molar-refractivity contribution in [2.24, 2.45) is 0 Å². The van der Waals surface area contributed by atoms with Gasteiger partial charge in [0.1, 0.15) is 5.75 Å². The Kier molecular flexibility index (Phi) is 6.64. The van der Waals surface area contributed by atoms with Crippen molar-refractivity contribution in [2.75, 3.05) is 44.0 Å². The topological polar surface area (TPSA) is 61.9 Å². The number of likely N-dealkylation sites (N-methyl/N-ethyl adjacent to an activating group) is 1. The molecule has 29 heavy (non-hydrogen) atoms. The number of rotatable bonds is 6. The second kappa shape index (κ2) is 9.18. The average Bonchev–Trinajstić information content (AvgIpc) is 2.68. The molecule has 1 N–H and O–H groups in total. The van der Waals surface area contributed by atoms with Crippen LogP contribution in [-0.4, -0.2) is 50.5 Å². The van der Waals surface area contributed by atoms with Gasteiger partial charge in [-0.1, -0.05) is 29.3 Å². The molecular formula is C22H26ClN3O3. The molecular weight excluding hydrogens is 390 g/mol. The lowest BCUT2D eigenvalue weighted by Gasteiger charge is -2.32. The summed E-state index contributed by atoms with van der Waals surface area (Å²) < 4.78 is 5.24. The largest absolute Gasteiger partial charge is 0.495 e. The fourth-order valence-electron chi connectivity index (χ4n) is 3.52. The highest BCUT2D eigenvalue weighted by molar-refractivity contribution is 6.31. The van der Waals surface area contributed by atoms with Crippen LogP contribution in [0.2, 0.25) is 5.02 Å². The van der Waals surface area contributed by atoms with Gasteiger partial charge in [-0.2, -0.15) is 0 Å². The predicted octanol–water partition coefficient (Wildman–Crippen LogP) is 3.51. The minimum atomic E-state index is -0.309. The maximum Gasteiger partial charge on any atom is 0.244 e. The quantitative estimate of drug-likeness (QED) is 0.784. The zero-order valence-electron chi connectivity index (χ0n) is 17.0. The van der Waals surface area contributed by atoms with E-state index in [2.05, 4.69) is 35.3 Å². The van der Waals surface area contributed by atoms with E-state index in [1.807, 2.05) is 0 Å². The van der Waals surface area contributed by atoms with E-state index in [-0.39, 0.29) is 24.9 Å². The zero-order valence-corrected chi connectivity index (χ0v) is 17.8. The highest BCUT2D eigenvalue weighted by Gasteiger charge is 2.22. The third-order valence-corrected chi connectivity index (χ3v) is 5.25. The van der Waals surface area contributed by atoms with Gasteiger partial charge in [-0.25, -0.2) is 0 Å². The SMILES string of the molecule is COc1ccc(Cl)cc1NC(=O)CN(C)C(=O)CN1CCCc2cc(C)ccc21. The van der Waals surface area contributed by atoms with E-state index in [1.54, 1.807) is 25.2 Å². The summed E-state index contributed by atoms with van der Waals surface area (Å²) in [5.41, 5.74) is 4.09. The van der Waals surface area contributed by atoms with Gasteiger partial charge in [0, 0.05) is 24.3 Å². The number of nitrogens with zero attached hydrogens (tertiary/aromatic N) is 2. The van der Waals surface area contributed by atoms with Crippen LogP contribution >= 0.6 is 11.6 Å². The standard InChI is InChI=1S/C22H26ClN3O3/c1-15-6-8-19-16(11-15)5-4-10-26(19)14-22(28)25(2)13-21(27)24-18-12-17(23)7-9-20(18)29-3/h6-9,11-12H,4-5,10,13-14H2,1-3H3,(H,24,27). The number of benzene rings is 2. The first-order chi connectivity index (χ1) is 13.9. The van der Waals surface area contributed by atoms with Crippen molar-refractivity contribution in [1.82, 2.24) is 4.90 Å². The number of methoxy groups -OCH3 is 1. The predicted molar refractivity (Wildman–Crippen MR) is 116 cm³/mol. The number of nitrogens with one attached hydrogen (secondary N) is 1. The van der Waals surface area contributed by atoms with Gasteiger partial charge in [0.15, 0.2) is 0 Å². The highest BCUT2D eigenvalue weighted by atomic mass is 35.5. The van der Waals surface area contributed by atoms with Crippen LogP contribution in [0.4, 0.5) is 11.4 Å². The highest BCUT2D eigenvalue weighted by Crippen LogP contribution is 2.28. The molecule has 1 aliphatic rings. The normalized spacial score (nSPS) is 12.9. The van der Waals surface area contributed by atoms with Gasteiger partial charge in [0.25, 0.3) is 0 Å². The fourth-order valence-corrected chi connectivity index (χ4v) is 3.70. The zero-order chi connectivity index (χ0) is 21.0. The Bertz CT molecular complexity index is 916. The lowest BCUT2D eigenvalue weighted by atomic mass is 9.99. The van der Waals surface area contributed by atoms with Gasteiger partial charge in [-0.3, -0.25) is 9.59 Å². The summed E-state index contributed by atoms with van der Waals surface area (Å²) in [6.45, 7) is 3.11. The molecule has 0 unspecified atom stereocenters. The summed E-state index contributed by atoms with van der Waals surface area (Å²) in [4.78, 5) is 28.7. The van der Waals surface area contributed by atoms with Crippen LogP contribution in [0.1, 0.15) is 17.5 Å². The van der Waals surface area contributed by atoms with Crippen molar-refractivity contribution in [2.45, 2.75) is 19.8 Å². The maximum absolute atomic E-state index is 12.7. The summed E-state index contributed by atoms with van der Waals surface area (Å²) in [6, 6.07) is 11.3. The van der Waals surface area contributed by atoms with Crippen molar-refractivity contribution in [3.63, 3.8) is 0 Å². The monoisotopic (exact) mass is 415 g/mol. The molecule has 2 aromatic carbocycles. The van der Waals surface area contributed by atoms with Crippen LogP contribution in [0.25, 0.3) is 0 Å². The van der Waals surface area contributed by atoms with E-state index in [1.165, 1.54) is 23.1 Å². The van der Waals surface area contributed by atoms with E-state index < -0.39 is 0 Å². The third kappa shape index (κ3) is 5.21. The summed E-state index contributed by atoms with van der Waals surface area (Å²) in [5.74, 6) is 0.0969. The number of amides is 2. The molecule has 0 saturated heterocycles. The van der Waals surface area contributed by atoms with Crippen LogP contribution in [-0.2, 0) is 16.0 Å². The van der Waals surface area contributed by atoms with Crippen molar-refractivity contribution in [3.05, 3.63) is 52.5 Å². The van der Waals surface area contributed by atoms with Gasteiger partial charge < -0.3 is 19.9 Å². The number of carbonyl (C=O) groups is 2. The summed E-state index contributed by atoms with van der Waals surface area (Å²) in [6.07, 6.45) is 2.05. The number of fused-ring (bicyclic) bond motifs is 1. The van der Waals surface area contributed by atoms with Crippen LogP contribution in [0.5, 0.6) is 5.75 Å². The Morgan fingerprint density at radius 3 is 2.79 bits per heavy atom. The van der Waals surface area contributed by atoms with Crippen molar-refractivity contribution < 1.29 is 14.3 Å². The molecule has 0 saturated carbocycles. The van der Waals surface area contributed by atoms with E-state index in [0.29, 0.717) is 16.5 Å². The lowest BCUT2D eigenvalue weighted by Crippen LogP contribution is -2.43. The molecule has 0 spiro atoms. The lowest BCUT2D eigenvalue weighted by molar-refractivity contribution is -0.132. The van der Waals surface area contributed by atoms with Crippen LogP contribution in [0, 0.1) is 6.92 Å². The van der Waals surface area contributed by atoms with Gasteiger partial charge in [-0.05, 0) is 49.6 Å². The van der Waals surface area contributed by atoms with E-state index in [9.17, 15) is 9.59 Å². The molecule has 3 rings (SSSR count). The minimum Gasteiger partial charge on any atom is -0.495 e. The number of ether oxygens (including phenoxy) is 1.